The van der Waals surface area contributed by atoms with Crippen LogP contribution < -0.4 is 5.32 Å². The second-order valence-electron chi connectivity index (χ2n) is 4.83. The first kappa shape index (κ1) is 14.2. The fraction of sp³-hybridized carbons (Fsp3) is 0.667. The summed E-state index contributed by atoms with van der Waals surface area (Å²) in [5, 5.41) is 3.19. The summed E-state index contributed by atoms with van der Waals surface area (Å²) >= 11 is 0. The SMILES string of the molecule is CS(=O)(=O)N1CCCCC1CCNc1ccncn1. The second-order valence-corrected chi connectivity index (χ2v) is 6.77. The number of hydrogen-bond donors (Lipinski definition) is 1. The van der Waals surface area contributed by atoms with Gasteiger partial charge in [-0.1, -0.05) is 6.42 Å². The summed E-state index contributed by atoms with van der Waals surface area (Å²) in [7, 11) is -3.09. The third kappa shape index (κ3) is 4.14. The zero-order valence-electron chi connectivity index (χ0n) is 11.1. The van der Waals surface area contributed by atoms with Gasteiger partial charge < -0.3 is 5.32 Å². The average molecular weight is 284 g/mol. The molecule has 0 bridgehead atoms. The predicted molar refractivity (Wildman–Crippen MR) is 74.3 cm³/mol. The van der Waals surface area contributed by atoms with Crippen LogP contribution in [0.4, 0.5) is 5.82 Å². The largest absolute Gasteiger partial charge is 0.370 e. The number of nitrogens with zero attached hydrogens (tertiary/aromatic N) is 3. The van der Waals surface area contributed by atoms with Gasteiger partial charge in [0.25, 0.3) is 0 Å². The van der Waals surface area contributed by atoms with Gasteiger partial charge in [-0.05, 0) is 25.3 Å². The van der Waals surface area contributed by atoms with E-state index in [-0.39, 0.29) is 6.04 Å². The van der Waals surface area contributed by atoms with Gasteiger partial charge in [0.1, 0.15) is 12.1 Å². The molecule has 7 heteroatoms. The smallest absolute Gasteiger partial charge is 0.211 e. The standard InChI is InChI=1S/C12H20N4O2S/c1-19(17,18)16-9-3-2-4-11(16)5-8-14-12-6-7-13-10-15-12/h6-7,10-11H,2-5,8-9H2,1H3,(H,13,14,15). The number of sulfonamides is 1. The van der Waals surface area contributed by atoms with E-state index in [2.05, 4.69) is 15.3 Å². The van der Waals surface area contributed by atoms with E-state index < -0.39 is 10.0 Å². The first-order valence-corrected chi connectivity index (χ1v) is 8.39. The quantitative estimate of drug-likeness (QED) is 0.876. The maximum atomic E-state index is 11.7. The van der Waals surface area contributed by atoms with Crippen LogP contribution in [0, 0.1) is 0 Å². The normalized spacial score (nSPS) is 21.2. The van der Waals surface area contributed by atoms with Gasteiger partial charge in [0.05, 0.1) is 6.26 Å². The van der Waals surface area contributed by atoms with E-state index in [1.165, 1.54) is 12.6 Å². The van der Waals surface area contributed by atoms with Crippen LogP contribution >= 0.6 is 0 Å². The van der Waals surface area contributed by atoms with Crippen molar-refractivity contribution < 1.29 is 8.42 Å². The Morgan fingerprint density at radius 2 is 2.32 bits per heavy atom. The summed E-state index contributed by atoms with van der Waals surface area (Å²) in [5.41, 5.74) is 0. The van der Waals surface area contributed by atoms with E-state index in [1.807, 2.05) is 0 Å². The van der Waals surface area contributed by atoms with Crippen LogP contribution in [0.3, 0.4) is 0 Å². The lowest BCUT2D eigenvalue weighted by atomic mass is 10.0. The molecule has 0 amide bonds. The Labute approximate surface area is 114 Å². The fourth-order valence-corrected chi connectivity index (χ4v) is 3.67. The minimum absolute atomic E-state index is 0.109. The third-order valence-corrected chi connectivity index (χ3v) is 4.70. The molecule has 106 valence electrons. The van der Waals surface area contributed by atoms with E-state index in [0.29, 0.717) is 13.1 Å². The highest BCUT2D eigenvalue weighted by Gasteiger charge is 2.28. The summed E-state index contributed by atoms with van der Waals surface area (Å²) in [6, 6.07) is 1.91. The van der Waals surface area contributed by atoms with Gasteiger partial charge in [-0.3, -0.25) is 0 Å². The second kappa shape index (κ2) is 6.29. The first-order valence-electron chi connectivity index (χ1n) is 6.54. The van der Waals surface area contributed by atoms with Crippen molar-refractivity contribution in [3.63, 3.8) is 0 Å². The van der Waals surface area contributed by atoms with E-state index in [1.54, 1.807) is 16.6 Å². The maximum Gasteiger partial charge on any atom is 0.211 e. The molecule has 2 heterocycles. The number of nitrogens with one attached hydrogen (secondary N) is 1. The van der Waals surface area contributed by atoms with Crippen molar-refractivity contribution in [1.82, 2.24) is 14.3 Å². The molecule has 19 heavy (non-hydrogen) atoms. The van der Waals surface area contributed by atoms with Gasteiger partial charge in [0.15, 0.2) is 0 Å². The number of rotatable bonds is 5. The zero-order chi connectivity index (χ0) is 13.7. The topological polar surface area (TPSA) is 75.2 Å². The van der Waals surface area contributed by atoms with Crippen LogP contribution in [-0.4, -0.2) is 48.1 Å². The number of piperidine rings is 1. The Morgan fingerprint density at radius 3 is 3.00 bits per heavy atom. The summed E-state index contributed by atoms with van der Waals surface area (Å²) in [6.07, 6.45) is 8.27. The molecule has 1 aromatic rings. The van der Waals surface area contributed by atoms with Gasteiger partial charge >= 0.3 is 0 Å². The molecule has 6 nitrogen and oxygen atoms in total. The number of hydrogen-bond acceptors (Lipinski definition) is 5. The van der Waals surface area contributed by atoms with Crippen LogP contribution in [0.5, 0.6) is 0 Å². The summed E-state index contributed by atoms with van der Waals surface area (Å²) in [5.74, 6) is 0.775. The highest BCUT2D eigenvalue weighted by atomic mass is 32.2. The molecular weight excluding hydrogens is 264 g/mol. The predicted octanol–water partition coefficient (Wildman–Crippen LogP) is 1.09. The Morgan fingerprint density at radius 1 is 1.47 bits per heavy atom. The minimum Gasteiger partial charge on any atom is -0.370 e. The Hall–Kier alpha value is -1.21. The lowest BCUT2D eigenvalue weighted by molar-refractivity contribution is 0.246. The molecule has 1 atom stereocenters. The van der Waals surface area contributed by atoms with Gasteiger partial charge in [0, 0.05) is 25.3 Å². The summed E-state index contributed by atoms with van der Waals surface area (Å²) in [6.45, 7) is 1.37. The maximum absolute atomic E-state index is 11.7. The Balaban J connectivity index is 1.87. The molecule has 2 rings (SSSR count). The van der Waals surface area contributed by atoms with E-state index in [4.69, 9.17) is 0 Å². The molecule has 1 aromatic heterocycles. The van der Waals surface area contributed by atoms with Gasteiger partial charge in [-0.25, -0.2) is 18.4 Å². The molecule has 1 fully saturated rings. The van der Waals surface area contributed by atoms with E-state index in [9.17, 15) is 8.42 Å². The van der Waals surface area contributed by atoms with Gasteiger partial charge in [-0.2, -0.15) is 4.31 Å². The van der Waals surface area contributed by atoms with Gasteiger partial charge in [0.2, 0.25) is 10.0 Å². The van der Waals surface area contributed by atoms with Crippen molar-refractivity contribution in [1.29, 1.82) is 0 Å². The Kier molecular flexibility index (Phi) is 4.71. The van der Waals surface area contributed by atoms with Crippen molar-refractivity contribution >= 4 is 15.8 Å². The van der Waals surface area contributed by atoms with E-state index >= 15 is 0 Å². The number of aromatic nitrogens is 2. The molecule has 0 radical (unpaired) electrons. The molecule has 0 spiro atoms. The van der Waals surface area contributed by atoms with Gasteiger partial charge in [-0.15, -0.1) is 0 Å². The zero-order valence-corrected chi connectivity index (χ0v) is 11.9. The van der Waals surface area contributed by atoms with Crippen molar-refractivity contribution in [2.75, 3.05) is 24.7 Å². The van der Waals surface area contributed by atoms with E-state index in [0.717, 1.165) is 31.5 Å². The van der Waals surface area contributed by atoms with Crippen molar-refractivity contribution in [2.24, 2.45) is 0 Å². The molecule has 0 saturated carbocycles. The van der Waals surface area contributed by atoms with Crippen molar-refractivity contribution in [2.45, 2.75) is 31.7 Å². The molecule has 1 N–H and O–H groups in total. The van der Waals surface area contributed by atoms with Crippen LogP contribution in [0.15, 0.2) is 18.6 Å². The van der Waals surface area contributed by atoms with Crippen LogP contribution in [0.25, 0.3) is 0 Å². The molecule has 0 aromatic carbocycles. The monoisotopic (exact) mass is 284 g/mol. The lowest BCUT2D eigenvalue weighted by Gasteiger charge is -2.33. The summed E-state index contributed by atoms with van der Waals surface area (Å²) in [4.78, 5) is 7.92. The summed E-state index contributed by atoms with van der Waals surface area (Å²) < 4.78 is 25.1. The number of anilines is 1. The third-order valence-electron chi connectivity index (χ3n) is 3.36. The molecular formula is C12H20N4O2S. The molecule has 0 aliphatic carbocycles. The highest BCUT2D eigenvalue weighted by Crippen LogP contribution is 2.22. The van der Waals surface area contributed by atoms with Crippen LogP contribution in [-0.2, 0) is 10.0 Å². The fourth-order valence-electron chi connectivity index (χ4n) is 2.46. The van der Waals surface area contributed by atoms with Crippen LogP contribution in [0.1, 0.15) is 25.7 Å². The Bertz CT molecular complexity index is 492. The average Bonchev–Trinajstić information content (AvgIpc) is 2.39. The van der Waals surface area contributed by atoms with Crippen molar-refractivity contribution in [3.05, 3.63) is 18.6 Å². The minimum atomic E-state index is -3.09. The molecule has 1 unspecified atom stereocenters. The van der Waals surface area contributed by atoms with Crippen LogP contribution in [0.2, 0.25) is 0 Å². The van der Waals surface area contributed by atoms with Crippen molar-refractivity contribution in [3.8, 4) is 0 Å². The molecule has 1 aliphatic rings. The first-order chi connectivity index (χ1) is 9.07. The molecule has 1 saturated heterocycles. The lowest BCUT2D eigenvalue weighted by Crippen LogP contribution is -2.43. The highest BCUT2D eigenvalue weighted by molar-refractivity contribution is 7.88. The molecule has 1 aliphatic heterocycles.